The summed E-state index contributed by atoms with van der Waals surface area (Å²) in [6.45, 7) is 0. The first-order chi connectivity index (χ1) is 4.79. The summed E-state index contributed by atoms with van der Waals surface area (Å²) in [5.41, 5.74) is 10.6. The van der Waals surface area contributed by atoms with Crippen LogP contribution in [0.1, 0.15) is 0 Å². The Labute approximate surface area is 68.6 Å². The topological polar surface area (TPSA) is 62.4 Å². The first-order valence-corrected chi connectivity index (χ1v) is 4.28. The van der Waals surface area contributed by atoms with Crippen molar-refractivity contribution in [3.05, 3.63) is 0 Å². The summed E-state index contributed by atoms with van der Waals surface area (Å²) >= 11 is 6.32. The van der Waals surface area contributed by atoms with Crippen LogP contribution in [0.4, 0.5) is 0 Å². The fraction of sp³-hybridized carbons (Fsp3) is 0.500. The highest BCUT2D eigenvalue weighted by Crippen LogP contribution is 2.06. The molecule has 1 rings (SSSR count). The average Bonchev–Trinajstić information content (AvgIpc) is 2.34. The molecule has 0 aromatic carbocycles. The van der Waals surface area contributed by atoms with Gasteiger partial charge in [-0.25, -0.2) is 0 Å². The molecule has 0 aliphatic carbocycles. The Hall–Kier alpha value is -0.490. The van der Waals surface area contributed by atoms with Gasteiger partial charge in [-0.3, -0.25) is 15.8 Å². The molecule has 0 unspecified atom stereocenters. The minimum absolute atomic E-state index is 0.236. The first-order valence-electron chi connectivity index (χ1n) is 2.71. The van der Waals surface area contributed by atoms with Crippen molar-refractivity contribution in [2.75, 3.05) is 11.6 Å². The van der Waals surface area contributed by atoms with Crippen LogP contribution >= 0.6 is 24.0 Å². The molecule has 0 saturated heterocycles. The fourth-order valence-corrected chi connectivity index (χ4v) is 1.27. The second-order valence-electron chi connectivity index (χ2n) is 1.70. The Morgan fingerprint density at radius 3 is 3.10 bits per heavy atom. The van der Waals surface area contributed by atoms with E-state index in [9.17, 15) is 0 Å². The molecular weight excluding hydrogens is 168 g/mol. The van der Waals surface area contributed by atoms with Gasteiger partial charge in [-0.05, 0) is 12.2 Å². The maximum Gasteiger partial charge on any atom is 0.182 e. The number of aliphatic imine (C=N–C) groups is 1. The van der Waals surface area contributed by atoms with E-state index in [-0.39, 0.29) is 5.11 Å². The summed E-state index contributed by atoms with van der Waals surface area (Å²) in [6, 6.07) is 0. The Balaban J connectivity index is 2.19. The van der Waals surface area contributed by atoms with Crippen molar-refractivity contribution in [3.8, 4) is 0 Å². The van der Waals surface area contributed by atoms with Crippen LogP contribution in [0, 0.1) is 0 Å². The second kappa shape index (κ2) is 3.62. The van der Waals surface area contributed by atoms with Crippen molar-refractivity contribution in [2.45, 2.75) is 0 Å². The molecule has 0 amide bonds. The molecule has 0 bridgehead atoms. The number of hydrogen-bond acceptors (Lipinski definition) is 4. The number of nitrogens with two attached hydrogens (primary N) is 1. The Kier molecular flexibility index (Phi) is 2.76. The zero-order valence-electron chi connectivity index (χ0n) is 5.26. The van der Waals surface area contributed by atoms with Crippen molar-refractivity contribution < 1.29 is 0 Å². The lowest BCUT2D eigenvalue weighted by Gasteiger charge is -2.04. The highest BCUT2D eigenvalue weighted by Gasteiger charge is 2.04. The van der Waals surface area contributed by atoms with Crippen LogP contribution in [0.2, 0.25) is 0 Å². The largest absolute Gasteiger partial charge is 0.375 e. The molecule has 0 spiro atoms. The van der Waals surface area contributed by atoms with E-state index >= 15 is 0 Å². The summed E-state index contributed by atoms with van der Waals surface area (Å²) in [6.07, 6.45) is 0. The monoisotopic (exact) mass is 176 g/mol. The predicted molar refractivity (Wildman–Crippen MR) is 47.8 cm³/mol. The van der Waals surface area contributed by atoms with E-state index in [4.69, 9.17) is 5.73 Å². The van der Waals surface area contributed by atoms with E-state index in [0.29, 0.717) is 0 Å². The molecule has 56 valence electrons. The second-order valence-corrected chi connectivity index (χ2v) is 3.09. The van der Waals surface area contributed by atoms with Gasteiger partial charge in [0.25, 0.3) is 0 Å². The standard InChI is InChI=1S/C4H8N4S2/c5-4(9)8-7-3-1-10-2-6-3/h1-2H2,(H,6,7)(H3,5,8,9). The van der Waals surface area contributed by atoms with Gasteiger partial charge in [0, 0.05) is 0 Å². The molecule has 0 aromatic heterocycles. The molecule has 0 atom stereocenters. The number of hydrazine groups is 1. The molecule has 4 N–H and O–H groups in total. The van der Waals surface area contributed by atoms with Crippen LogP contribution in [0.3, 0.4) is 0 Å². The molecule has 1 heterocycles. The number of hydrogen-bond donors (Lipinski definition) is 3. The minimum Gasteiger partial charge on any atom is -0.375 e. The van der Waals surface area contributed by atoms with Crippen LogP contribution in [0.5, 0.6) is 0 Å². The zero-order chi connectivity index (χ0) is 7.40. The van der Waals surface area contributed by atoms with Gasteiger partial charge in [-0.15, -0.1) is 11.8 Å². The van der Waals surface area contributed by atoms with Gasteiger partial charge in [0.05, 0.1) is 11.6 Å². The zero-order valence-corrected chi connectivity index (χ0v) is 6.89. The van der Waals surface area contributed by atoms with Crippen LogP contribution in [-0.4, -0.2) is 22.6 Å². The maximum atomic E-state index is 5.17. The first kappa shape index (κ1) is 7.62. The number of thiocarbonyl (C=S) groups is 1. The van der Waals surface area contributed by atoms with Gasteiger partial charge in [-0.1, -0.05) is 0 Å². The SMILES string of the molecule is NC(=S)NNC1=NCSC1. The van der Waals surface area contributed by atoms with Gasteiger partial charge in [0.2, 0.25) is 0 Å². The number of rotatable bonds is 0. The van der Waals surface area contributed by atoms with E-state index in [1.54, 1.807) is 11.8 Å². The Morgan fingerprint density at radius 2 is 2.60 bits per heavy atom. The Bertz CT molecular complexity index is 167. The van der Waals surface area contributed by atoms with Crippen LogP contribution in [0.15, 0.2) is 4.99 Å². The highest BCUT2D eigenvalue weighted by atomic mass is 32.2. The van der Waals surface area contributed by atoms with Gasteiger partial charge in [-0.2, -0.15) is 0 Å². The fourth-order valence-electron chi connectivity index (χ4n) is 0.521. The number of thioether (sulfide) groups is 1. The molecule has 0 radical (unpaired) electrons. The summed E-state index contributed by atoms with van der Waals surface area (Å²) in [5.74, 6) is 2.62. The average molecular weight is 176 g/mol. The summed E-state index contributed by atoms with van der Waals surface area (Å²) in [4.78, 5) is 4.10. The van der Waals surface area contributed by atoms with Crippen molar-refractivity contribution >= 4 is 34.9 Å². The quantitative estimate of drug-likeness (QED) is 0.341. The van der Waals surface area contributed by atoms with Crippen LogP contribution in [-0.2, 0) is 0 Å². The summed E-state index contributed by atoms with van der Waals surface area (Å²) in [7, 11) is 0. The van der Waals surface area contributed by atoms with Crippen molar-refractivity contribution in [1.29, 1.82) is 0 Å². The molecular formula is C4H8N4S2. The number of amidine groups is 1. The van der Waals surface area contributed by atoms with E-state index < -0.39 is 0 Å². The van der Waals surface area contributed by atoms with Crippen LogP contribution in [0.25, 0.3) is 0 Å². The molecule has 1 aliphatic rings. The molecule has 10 heavy (non-hydrogen) atoms. The lowest BCUT2D eigenvalue weighted by Crippen LogP contribution is -2.44. The smallest absolute Gasteiger partial charge is 0.182 e. The molecule has 6 heteroatoms. The van der Waals surface area contributed by atoms with Crippen molar-refractivity contribution in [2.24, 2.45) is 10.7 Å². The predicted octanol–water partition coefficient (Wildman–Crippen LogP) is -0.573. The van der Waals surface area contributed by atoms with E-state index in [1.165, 1.54) is 0 Å². The lowest BCUT2D eigenvalue weighted by molar-refractivity contribution is 0.864. The Morgan fingerprint density at radius 1 is 1.80 bits per heavy atom. The van der Waals surface area contributed by atoms with Crippen LogP contribution < -0.4 is 16.6 Å². The summed E-state index contributed by atoms with van der Waals surface area (Å²) in [5, 5.41) is 0.236. The third kappa shape index (κ3) is 2.40. The van der Waals surface area contributed by atoms with Gasteiger partial charge < -0.3 is 5.73 Å². The normalized spacial score (nSPS) is 16.2. The van der Waals surface area contributed by atoms with E-state index in [0.717, 1.165) is 17.5 Å². The van der Waals surface area contributed by atoms with Crippen molar-refractivity contribution in [1.82, 2.24) is 10.9 Å². The minimum atomic E-state index is 0.236. The van der Waals surface area contributed by atoms with E-state index in [1.807, 2.05) is 0 Å². The van der Waals surface area contributed by atoms with Crippen molar-refractivity contribution in [3.63, 3.8) is 0 Å². The molecule has 0 saturated carbocycles. The summed E-state index contributed by atoms with van der Waals surface area (Å²) < 4.78 is 0. The van der Waals surface area contributed by atoms with Gasteiger partial charge in [0.1, 0.15) is 5.84 Å². The third-order valence-corrected chi connectivity index (χ3v) is 1.81. The van der Waals surface area contributed by atoms with E-state index in [2.05, 4.69) is 28.1 Å². The maximum absolute atomic E-state index is 5.17. The van der Waals surface area contributed by atoms with Gasteiger partial charge >= 0.3 is 0 Å². The molecule has 0 aromatic rings. The number of nitrogens with one attached hydrogen (secondary N) is 2. The molecule has 0 fully saturated rings. The number of nitrogens with zero attached hydrogens (tertiary/aromatic N) is 1. The van der Waals surface area contributed by atoms with Gasteiger partial charge in [0.15, 0.2) is 5.11 Å². The molecule has 1 aliphatic heterocycles. The highest BCUT2D eigenvalue weighted by molar-refractivity contribution is 8.00. The third-order valence-electron chi connectivity index (χ3n) is 0.915. The molecule has 4 nitrogen and oxygen atoms in total. The lowest BCUT2D eigenvalue weighted by atomic mass is 10.7.